The Morgan fingerprint density at radius 3 is 2.57 bits per heavy atom. The molecule has 0 aliphatic carbocycles. The van der Waals surface area contributed by atoms with Crippen molar-refractivity contribution in [2.24, 2.45) is 5.73 Å². The first kappa shape index (κ1) is 15.4. The van der Waals surface area contributed by atoms with Crippen molar-refractivity contribution in [3.63, 3.8) is 0 Å². The number of primary amides is 1. The Bertz CT molecular complexity index is 601. The fourth-order valence-electron chi connectivity index (χ4n) is 2.27. The number of hydrogen-bond donors (Lipinski definition) is 2. The molecule has 1 aliphatic rings. The standard InChI is InChI=1S/C13H15N3O2.C3H8/c14-13(17)12-8-9-7-10(1-2-11(9)18-12)16-5-3-15-4-6-16;1-3-2/h1-2,7-8,15H,3-6H2,(H2,14,17);3H2,1-2H3. The van der Waals surface area contributed by atoms with Crippen LogP contribution in [-0.4, -0.2) is 32.1 Å². The maximum absolute atomic E-state index is 11.1. The van der Waals surface area contributed by atoms with E-state index in [2.05, 4.69) is 24.1 Å². The van der Waals surface area contributed by atoms with E-state index in [-0.39, 0.29) is 5.76 Å². The monoisotopic (exact) mass is 289 g/mol. The van der Waals surface area contributed by atoms with Crippen LogP contribution in [0.4, 0.5) is 5.69 Å². The Morgan fingerprint density at radius 2 is 1.95 bits per heavy atom. The van der Waals surface area contributed by atoms with E-state index in [9.17, 15) is 4.79 Å². The second-order valence-corrected chi connectivity index (χ2v) is 5.14. The molecule has 21 heavy (non-hydrogen) atoms. The molecule has 0 bridgehead atoms. The van der Waals surface area contributed by atoms with Gasteiger partial charge in [0.05, 0.1) is 0 Å². The highest BCUT2D eigenvalue weighted by Gasteiger charge is 2.13. The average Bonchev–Trinajstić information content (AvgIpc) is 2.92. The Morgan fingerprint density at radius 1 is 1.29 bits per heavy atom. The highest BCUT2D eigenvalue weighted by Crippen LogP contribution is 2.25. The van der Waals surface area contributed by atoms with Gasteiger partial charge in [0, 0.05) is 37.3 Å². The largest absolute Gasteiger partial charge is 0.451 e. The van der Waals surface area contributed by atoms with Gasteiger partial charge in [0.1, 0.15) is 5.58 Å². The van der Waals surface area contributed by atoms with Crippen LogP contribution in [0.2, 0.25) is 0 Å². The molecular weight excluding hydrogens is 266 g/mol. The second kappa shape index (κ2) is 7.13. The van der Waals surface area contributed by atoms with Crippen LogP contribution in [0, 0.1) is 0 Å². The second-order valence-electron chi connectivity index (χ2n) is 5.14. The van der Waals surface area contributed by atoms with Gasteiger partial charge >= 0.3 is 0 Å². The molecule has 0 radical (unpaired) electrons. The van der Waals surface area contributed by atoms with Crippen LogP contribution >= 0.6 is 0 Å². The number of hydrogen-bond acceptors (Lipinski definition) is 4. The molecule has 1 aromatic carbocycles. The van der Waals surface area contributed by atoms with Crippen molar-refractivity contribution >= 4 is 22.6 Å². The van der Waals surface area contributed by atoms with E-state index >= 15 is 0 Å². The van der Waals surface area contributed by atoms with Crippen molar-refractivity contribution < 1.29 is 9.21 Å². The average molecular weight is 289 g/mol. The Labute approximate surface area is 125 Å². The highest BCUT2D eigenvalue weighted by atomic mass is 16.3. The first-order valence-electron chi connectivity index (χ1n) is 7.44. The van der Waals surface area contributed by atoms with Gasteiger partial charge in [0.2, 0.25) is 0 Å². The number of piperazine rings is 1. The van der Waals surface area contributed by atoms with Gasteiger partial charge in [-0.2, -0.15) is 0 Å². The number of carbonyl (C=O) groups is 1. The number of nitrogens with two attached hydrogens (primary N) is 1. The van der Waals surface area contributed by atoms with Crippen LogP contribution in [0.25, 0.3) is 11.0 Å². The zero-order valence-corrected chi connectivity index (χ0v) is 12.7. The lowest BCUT2D eigenvalue weighted by atomic mass is 10.2. The third-order valence-electron chi connectivity index (χ3n) is 3.22. The molecule has 3 rings (SSSR count). The van der Waals surface area contributed by atoms with E-state index in [0.717, 1.165) is 37.3 Å². The molecule has 1 amide bonds. The predicted octanol–water partition coefficient (Wildman–Crippen LogP) is 2.36. The summed E-state index contributed by atoms with van der Waals surface area (Å²) in [5, 5.41) is 4.24. The highest BCUT2D eigenvalue weighted by molar-refractivity contribution is 5.95. The Kier molecular flexibility index (Phi) is 5.22. The number of nitrogens with zero attached hydrogens (tertiary/aromatic N) is 1. The summed E-state index contributed by atoms with van der Waals surface area (Å²) in [6.07, 6.45) is 1.25. The molecule has 2 aromatic rings. The van der Waals surface area contributed by atoms with Gasteiger partial charge in [0.15, 0.2) is 5.76 Å². The predicted molar refractivity (Wildman–Crippen MR) is 85.8 cm³/mol. The lowest BCUT2D eigenvalue weighted by Crippen LogP contribution is -2.43. The third-order valence-corrected chi connectivity index (χ3v) is 3.22. The molecule has 1 aromatic heterocycles. The summed E-state index contributed by atoms with van der Waals surface area (Å²) >= 11 is 0. The quantitative estimate of drug-likeness (QED) is 0.890. The van der Waals surface area contributed by atoms with E-state index < -0.39 is 5.91 Å². The summed E-state index contributed by atoms with van der Waals surface area (Å²) in [5.41, 5.74) is 7.06. The number of benzene rings is 1. The van der Waals surface area contributed by atoms with Crippen LogP contribution in [0.3, 0.4) is 0 Å². The van der Waals surface area contributed by atoms with Gasteiger partial charge in [-0.25, -0.2) is 0 Å². The summed E-state index contributed by atoms with van der Waals surface area (Å²) in [5.74, 6) is -0.322. The van der Waals surface area contributed by atoms with Crippen LogP contribution in [0.1, 0.15) is 30.8 Å². The molecule has 1 saturated heterocycles. The zero-order chi connectivity index (χ0) is 15.2. The fourth-order valence-corrected chi connectivity index (χ4v) is 2.27. The van der Waals surface area contributed by atoms with Gasteiger partial charge in [0.25, 0.3) is 5.91 Å². The maximum atomic E-state index is 11.1. The van der Waals surface area contributed by atoms with E-state index in [0.29, 0.717) is 5.58 Å². The molecule has 5 nitrogen and oxygen atoms in total. The van der Waals surface area contributed by atoms with E-state index in [1.807, 2.05) is 18.2 Å². The zero-order valence-electron chi connectivity index (χ0n) is 12.7. The van der Waals surface area contributed by atoms with Crippen LogP contribution in [0.5, 0.6) is 0 Å². The van der Waals surface area contributed by atoms with Crippen molar-refractivity contribution in [3.05, 3.63) is 30.0 Å². The van der Waals surface area contributed by atoms with Crippen molar-refractivity contribution in [2.45, 2.75) is 20.3 Å². The number of nitrogens with one attached hydrogen (secondary N) is 1. The molecule has 1 fully saturated rings. The van der Waals surface area contributed by atoms with Gasteiger partial charge < -0.3 is 20.4 Å². The van der Waals surface area contributed by atoms with Crippen molar-refractivity contribution in [1.29, 1.82) is 0 Å². The lowest BCUT2D eigenvalue weighted by Gasteiger charge is -2.29. The van der Waals surface area contributed by atoms with Gasteiger partial charge in [-0.15, -0.1) is 0 Å². The van der Waals surface area contributed by atoms with Gasteiger partial charge in [-0.3, -0.25) is 4.79 Å². The van der Waals surface area contributed by atoms with Crippen LogP contribution < -0.4 is 16.0 Å². The minimum atomic E-state index is -0.532. The number of rotatable bonds is 2. The summed E-state index contributed by atoms with van der Waals surface area (Å²) in [6, 6.07) is 7.64. The molecule has 1 aliphatic heterocycles. The topological polar surface area (TPSA) is 71.5 Å². The smallest absolute Gasteiger partial charge is 0.284 e. The van der Waals surface area contributed by atoms with E-state index in [1.54, 1.807) is 6.07 Å². The third kappa shape index (κ3) is 3.76. The first-order chi connectivity index (χ1) is 10.2. The van der Waals surface area contributed by atoms with Crippen molar-refractivity contribution in [2.75, 3.05) is 31.1 Å². The number of amides is 1. The molecular formula is C16H23N3O2. The minimum Gasteiger partial charge on any atom is -0.451 e. The number of carbonyl (C=O) groups excluding carboxylic acids is 1. The van der Waals surface area contributed by atoms with E-state index in [1.165, 1.54) is 6.42 Å². The SMILES string of the molecule is CCC.NC(=O)c1cc2cc(N3CCNCC3)ccc2o1. The summed E-state index contributed by atoms with van der Waals surface area (Å²) in [4.78, 5) is 13.4. The normalized spacial score (nSPS) is 14.7. The number of fused-ring (bicyclic) bond motifs is 1. The molecule has 0 saturated carbocycles. The molecule has 0 atom stereocenters. The molecule has 5 heteroatoms. The summed E-state index contributed by atoms with van der Waals surface area (Å²) in [6.45, 7) is 8.23. The fraction of sp³-hybridized carbons (Fsp3) is 0.438. The van der Waals surface area contributed by atoms with Gasteiger partial charge in [-0.1, -0.05) is 20.3 Å². The number of anilines is 1. The lowest BCUT2D eigenvalue weighted by molar-refractivity contribution is 0.0976. The Balaban J connectivity index is 0.000000497. The summed E-state index contributed by atoms with van der Waals surface area (Å²) in [7, 11) is 0. The molecule has 0 spiro atoms. The van der Waals surface area contributed by atoms with Crippen LogP contribution in [-0.2, 0) is 0 Å². The minimum absolute atomic E-state index is 0.211. The van der Waals surface area contributed by atoms with Crippen molar-refractivity contribution in [1.82, 2.24) is 5.32 Å². The number of furan rings is 1. The molecule has 114 valence electrons. The molecule has 3 N–H and O–H groups in total. The molecule has 2 heterocycles. The summed E-state index contributed by atoms with van der Waals surface area (Å²) < 4.78 is 5.37. The van der Waals surface area contributed by atoms with E-state index in [4.69, 9.17) is 10.2 Å². The van der Waals surface area contributed by atoms with Gasteiger partial charge in [-0.05, 0) is 24.3 Å². The Hall–Kier alpha value is -2.01. The maximum Gasteiger partial charge on any atom is 0.284 e. The van der Waals surface area contributed by atoms with Crippen LogP contribution in [0.15, 0.2) is 28.7 Å². The molecule has 0 unspecified atom stereocenters. The van der Waals surface area contributed by atoms with Crippen molar-refractivity contribution in [3.8, 4) is 0 Å². The first-order valence-corrected chi connectivity index (χ1v) is 7.44.